The lowest BCUT2D eigenvalue weighted by atomic mass is 10.0. The maximum Gasteiger partial charge on any atom is 0.254 e. The third-order valence-corrected chi connectivity index (χ3v) is 4.02. The molecule has 0 N–H and O–H groups in total. The molecule has 1 atom stereocenters. The predicted molar refractivity (Wildman–Crippen MR) is 77.8 cm³/mol. The van der Waals surface area contributed by atoms with Crippen LogP contribution in [0.25, 0.3) is 0 Å². The van der Waals surface area contributed by atoms with E-state index in [1.165, 1.54) is 0 Å². The minimum atomic E-state index is -0.776. The Balaban J connectivity index is 2.25. The van der Waals surface area contributed by atoms with E-state index in [0.717, 1.165) is 30.7 Å². The second kappa shape index (κ2) is 5.83. The summed E-state index contributed by atoms with van der Waals surface area (Å²) in [5.74, 6) is 0.873. The molecule has 0 spiro atoms. The van der Waals surface area contributed by atoms with Gasteiger partial charge in [0, 0.05) is 13.7 Å². The number of likely N-dealkylation sites (tertiary alicyclic amines) is 1. The Morgan fingerprint density at radius 3 is 2.75 bits per heavy atom. The Kier molecular flexibility index (Phi) is 4.33. The highest BCUT2D eigenvalue weighted by atomic mass is 16.5. The second-order valence-corrected chi connectivity index (χ2v) is 5.65. The first-order chi connectivity index (χ1) is 9.49. The molecule has 4 heteroatoms. The molecule has 0 radical (unpaired) electrons. The Hall–Kier alpha value is -1.55. The first-order valence-electron chi connectivity index (χ1n) is 7.00. The van der Waals surface area contributed by atoms with Crippen LogP contribution in [0.2, 0.25) is 0 Å². The highest BCUT2D eigenvalue weighted by molar-refractivity contribution is 5.85. The number of carbonyl (C=O) groups is 1. The SMILES string of the molecule is COc1cccc(C2CCCN2C(=O)C(C)(C)OC)c1. The van der Waals surface area contributed by atoms with Crippen LogP contribution >= 0.6 is 0 Å². The largest absolute Gasteiger partial charge is 0.497 e. The van der Waals surface area contributed by atoms with Crippen LogP contribution in [0, 0.1) is 0 Å². The molecule has 110 valence electrons. The smallest absolute Gasteiger partial charge is 0.254 e. The van der Waals surface area contributed by atoms with Crippen LogP contribution < -0.4 is 4.74 Å². The summed E-state index contributed by atoms with van der Waals surface area (Å²) in [6.45, 7) is 4.42. The van der Waals surface area contributed by atoms with Crippen molar-refractivity contribution in [3.05, 3.63) is 29.8 Å². The Morgan fingerprint density at radius 1 is 1.35 bits per heavy atom. The van der Waals surface area contributed by atoms with Crippen molar-refractivity contribution in [3.8, 4) is 5.75 Å². The van der Waals surface area contributed by atoms with E-state index in [0.29, 0.717) is 0 Å². The Labute approximate surface area is 120 Å². The molecule has 1 aromatic carbocycles. The molecule has 20 heavy (non-hydrogen) atoms. The van der Waals surface area contributed by atoms with Crippen LogP contribution in [0.4, 0.5) is 0 Å². The molecule has 1 saturated heterocycles. The molecule has 1 unspecified atom stereocenters. The van der Waals surface area contributed by atoms with Crippen molar-refractivity contribution in [3.63, 3.8) is 0 Å². The van der Waals surface area contributed by atoms with Crippen molar-refractivity contribution in [2.24, 2.45) is 0 Å². The summed E-state index contributed by atoms with van der Waals surface area (Å²) in [4.78, 5) is 14.5. The number of methoxy groups -OCH3 is 2. The van der Waals surface area contributed by atoms with E-state index >= 15 is 0 Å². The lowest BCUT2D eigenvalue weighted by Gasteiger charge is -2.32. The molecule has 1 amide bonds. The van der Waals surface area contributed by atoms with Crippen LogP contribution in [0.5, 0.6) is 5.75 Å². The maximum absolute atomic E-state index is 12.6. The zero-order chi connectivity index (χ0) is 14.8. The number of ether oxygens (including phenoxy) is 2. The van der Waals surface area contributed by atoms with E-state index in [1.54, 1.807) is 14.2 Å². The normalized spacial score (nSPS) is 19.2. The number of hydrogen-bond donors (Lipinski definition) is 0. The second-order valence-electron chi connectivity index (χ2n) is 5.65. The summed E-state index contributed by atoms with van der Waals surface area (Å²) in [7, 11) is 3.24. The molecule has 0 aromatic heterocycles. The number of carbonyl (C=O) groups excluding carboxylic acids is 1. The van der Waals surface area contributed by atoms with E-state index in [9.17, 15) is 4.79 Å². The van der Waals surface area contributed by atoms with E-state index in [1.807, 2.05) is 36.9 Å². The van der Waals surface area contributed by atoms with Gasteiger partial charge in [0.05, 0.1) is 13.2 Å². The van der Waals surface area contributed by atoms with Crippen LogP contribution in [0.15, 0.2) is 24.3 Å². The van der Waals surface area contributed by atoms with Crippen molar-refractivity contribution >= 4 is 5.91 Å². The summed E-state index contributed by atoms with van der Waals surface area (Å²) in [5.41, 5.74) is 0.351. The van der Waals surface area contributed by atoms with E-state index in [4.69, 9.17) is 9.47 Å². The van der Waals surface area contributed by atoms with Crippen molar-refractivity contribution in [2.75, 3.05) is 20.8 Å². The van der Waals surface area contributed by atoms with Gasteiger partial charge >= 0.3 is 0 Å². The molecule has 1 aliphatic heterocycles. The van der Waals surface area contributed by atoms with Gasteiger partial charge in [0.2, 0.25) is 0 Å². The lowest BCUT2D eigenvalue weighted by Crippen LogP contribution is -2.46. The third kappa shape index (κ3) is 2.80. The maximum atomic E-state index is 12.6. The van der Waals surface area contributed by atoms with Crippen LogP contribution in [0.3, 0.4) is 0 Å². The zero-order valence-electron chi connectivity index (χ0n) is 12.7. The first-order valence-corrected chi connectivity index (χ1v) is 7.00. The minimum Gasteiger partial charge on any atom is -0.497 e. The van der Waals surface area contributed by atoms with Gasteiger partial charge in [-0.25, -0.2) is 0 Å². The molecular weight excluding hydrogens is 254 g/mol. The molecule has 4 nitrogen and oxygen atoms in total. The minimum absolute atomic E-state index is 0.0466. The van der Waals surface area contributed by atoms with Gasteiger partial charge in [-0.15, -0.1) is 0 Å². The summed E-state index contributed by atoms with van der Waals surface area (Å²) in [6, 6.07) is 8.07. The van der Waals surface area contributed by atoms with Gasteiger partial charge in [0.1, 0.15) is 11.4 Å². The molecule has 2 rings (SSSR count). The average molecular weight is 277 g/mol. The monoisotopic (exact) mass is 277 g/mol. The number of hydrogen-bond acceptors (Lipinski definition) is 3. The van der Waals surface area contributed by atoms with E-state index < -0.39 is 5.60 Å². The summed E-state index contributed by atoms with van der Waals surface area (Å²) in [5, 5.41) is 0. The van der Waals surface area contributed by atoms with Crippen molar-refractivity contribution < 1.29 is 14.3 Å². The highest BCUT2D eigenvalue weighted by Crippen LogP contribution is 2.35. The topological polar surface area (TPSA) is 38.8 Å². The third-order valence-electron chi connectivity index (χ3n) is 4.02. The fraction of sp³-hybridized carbons (Fsp3) is 0.562. The summed E-state index contributed by atoms with van der Waals surface area (Å²) >= 11 is 0. The van der Waals surface area contributed by atoms with Gasteiger partial charge in [-0.2, -0.15) is 0 Å². The van der Waals surface area contributed by atoms with Crippen molar-refractivity contribution in [2.45, 2.75) is 38.3 Å². The fourth-order valence-corrected chi connectivity index (χ4v) is 2.64. The van der Waals surface area contributed by atoms with Gasteiger partial charge in [-0.1, -0.05) is 12.1 Å². The molecule has 0 bridgehead atoms. The van der Waals surface area contributed by atoms with Crippen molar-refractivity contribution in [1.29, 1.82) is 0 Å². The number of nitrogens with zero attached hydrogens (tertiary/aromatic N) is 1. The average Bonchev–Trinajstić information content (AvgIpc) is 2.95. The Morgan fingerprint density at radius 2 is 2.10 bits per heavy atom. The van der Waals surface area contributed by atoms with E-state index in [-0.39, 0.29) is 11.9 Å². The van der Waals surface area contributed by atoms with Gasteiger partial charge in [0.15, 0.2) is 0 Å². The molecule has 0 aliphatic carbocycles. The summed E-state index contributed by atoms with van der Waals surface area (Å²) in [6.07, 6.45) is 2.01. The Bertz CT molecular complexity index is 484. The van der Waals surface area contributed by atoms with Crippen molar-refractivity contribution in [1.82, 2.24) is 4.90 Å². The van der Waals surface area contributed by atoms with Crippen LogP contribution in [-0.2, 0) is 9.53 Å². The number of amides is 1. The molecule has 1 heterocycles. The summed E-state index contributed by atoms with van der Waals surface area (Å²) < 4.78 is 10.6. The fourth-order valence-electron chi connectivity index (χ4n) is 2.64. The molecule has 1 fully saturated rings. The molecular formula is C16H23NO3. The number of benzene rings is 1. The number of rotatable bonds is 4. The van der Waals surface area contributed by atoms with Crippen LogP contribution in [0.1, 0.15) is 38.3 Å². The molecule has 1 aliphatic rings. The lowest BCUT2D eigenvalue weighted by molar-refractivity contribution is -0.152. The van der Waals surface area contributed by atoms with Gasteiger partial charge in [0.25, 0.3) is 5.91 Å². The first kappa shape index (κ1) is 14.9. The standard InChI is InChI=1S/C16H23NO3/c1-16(2,20-4)15(18)17-10-6-9-14(17)12-7-5-8-13(11-12)19-3/h5,7-8,11,14H,6,9-10H2,1-4H3. The molecule has 0 saturated carbocycles. The zero-order valence-corrected chi connectivity index (χ0v) is 12.7. The quantitative estimate of drug-likeness (QED) is 0.849. The van der Waals surface area contributed by atoms with Crippen LogP contribution in [-0.4, -0.2) is 37.2 Å². The predicted octanol–water partition coefficient (Wildman–Crippen LogP) is 2.78. The van der Waals surface area contributed by atoms with Gasteiger partial charge in [-0.05, 0) is 44.4 Å². The highest BCUT2D eigenvalue weighted by Gasteiger charge is 2.38. The van der Waals surface area contributed by atoms with E-state index in [2.05, 4.69) is 6.07 Å². The molecule has 1 aromatic rings. The van der Waals surface area contributed by atoms with Gasteiger partial charge in [-0.3, -0.25) is 4.79 Å². The van der Waals surface area contributed by atoms with Gasteiger partial charge < -0.3 is 14.4 Å².